The molecule has 3 atom stereocenters. The lowest BCUT2D eigenvalue weighted by atomic mass is 9.84. The van der Waals surface area contributed by atoms with E-state index in [0.29, 0.717) is 25.3 Å². The van der Waals surface area contributed by atoms with Gasteiger partial charge in [-0.2, -0.15) is 5.26 Å². The third-order valence-electron chi connectivity index (χ3n) is 6.65. The Labute approximate surface area is 223 Å². The molecule has 1 fully saturated rings. The van der Waals surface area contributed by atoms with E-state index < -0.39 is 18.1 Å². The van der Waals surface area contributed by atoms with Gasteiger partial charge in [0.15, 0.2) is 0 Å². The van der Waals surface area contributed by atoms with Crippen molar-refractivity contribution >= 4 is 17.7 Å². The third-order valence-corrected chi connectivity index (χ3v) is 6.65. The summed E-state index contributed by atoms with van der Waals surface area (Å²) in [7, 11) is 1.28. The number of anilines is 1. The minimum absolute atomic E-state index is 0.0161. The van der Waals surface area contributed by atoms with E-state index in [1.54, 1.807) is 0 Å². The number of hydrogen-bond donors (Lipinski definition) is 3. The van der Waals surface area contributed by atoms with E-state index in [0.717, 1.165) is 23.1 Å². The molecule has 8 heteroatoms. The standard InChI is InChI=1S/C30H32N4O4/c1-37-30(36)34-28(27(22-11-4-2-5-12-22)23-13-6-3-7-14-23)29(35)33-26-15-9-8-10-21(26)16-17-25-19-32-24(18-31)20-38-25/h2-15,24-25,27-28,32H,16-17,19-20H2,1H3,(H,33,35)(H,34,36). The molecule has 0 aliphatic carbocycles. The molecule has 8 nitrogen and oxygen atoms in total. The van der Waals surface area contributed by atoms with Crippen molar-refractivity contribution in [1.82, 2.24) is 10.6 Å². The summed E-state index contributed by atoms with van der Waals surface area (Å²) >= 11 is 0. The monoisotopic (exact) mass is 512 g/mol. The number of carbonyl (C=O) groups excluding carboxylic acids is 2. The first-order chi connectivity index (χ1) is 18.6. The molecule has 3 aromatic carbocycles. The third kappa shape index (κ3) is 6.97. The number of nitrogens with zero attached hydrogens (tertiary/aromatic N) is 1. The lowest BCUT2D eigenvalue weighted by Gasteiger charge is -2.28. The molecule has 1 aliphatic rings. The van der Waals surface area contributed by atoms with Crippen LogP contribution in [0.1, 0.15) is 29.0 Å². The van der Waals surface area contributed by atoms with Gasteiger partial charge in [0.2, 0.25) is 5.91 Å². The summed E-state index contributed by atoms with van der Waals surface area (Å²) in [5.41, 5.74) is 3.41. The highest BCUT2D eigenvalue weighted by atomic mass is 16.5. The number of nitriles is 1. The second kappa shape index (κ2) is 13.4. The molecule has 3 aromatic rings. The number of alkyl carbamates (subject to hydrolysis) is 1. The van der Waals surface area contributed by atoms with Gasteiger partial charge in [0.25, 0.3) is 0 Å². The first kappa shape index (κ1) is 26.9. The van der Waals surface area contributed by atoms with E-state index in [1.807, 2.05) is 84.9 Å². The summed E-state index contributed by atoms with van der Waals surface area (Å²) in [6, 6.07) is 27.8. The van der Waals surface area contributed by atoms with E-state index in [-0.39, 0.29) is 18.1 Å². The molecule has 196 valence electrons. The lowest BCUT2D eigenvalue weighted by molar-refractivity contribution is -0.118. The summed E-state index contributed by atoms with van der Waals surface area (Å²) in [5.74, 6) is -0.800. The maximum atomic E-state index is 13.8. The number of nitrogens with one attached hydrogen (secondary N) is 3. The molecule has 0 bridgehead atoms. The van der Waals surface area contributed by atoms with E-state index in [1.165, 1.54) is 7.11 Å². The summed E-state index contributed by atoms with van der Waals surface area (Å²) < 4.78 is 10.7. The number of methoxy groups -OCH3 is 1. The lowest BCUT2D eigenvalue weighted by Crippen LogP contribution is -2.48. The quantitative estimate of drug-likeness (QED) is 0.400. The van der Waals surface area contributed by atoms with E-state index in [2.05, 4.69) is 22.0 Å². The predicted octanol–water partition coefficient (Wildman–Crippen LogP) is 3.99. The molecular formula is C30H32N4O4. The van der Waals surface area contributed by atoms with Gasteiger partial charge in [0, 0.05) is 18.2 Å². The molecule has 38 heavy (non-hydrogen) atoms. The fraction of sp³-hybridized carbons (Fsp3) is 0.300. The molecule has 4 rings (SSSR count). The maximum Gasteiger partial charge on any atom is 0.407 e. The van der Waals surface area contributed by atoms with Gasteiger partial charge in [-0.15, -0.1) is 0 Å². The predicted molar refractivity (Wildman–Crippen MR) is 145 cm³/mol. The Morgan fingerprint density at radius 3 is 2.24 bits per heavy atom. The number of benzene rings is 3. The van der Waals surface area contributed by atoms with Gasteiger partial charge in [-0.1, -0.05) is 78.9 Å². The number of rotatable bonds is 9. The van der Waals surface area contributed by atoms with Crippen LogP contribution in [-0.4, -0.2) is 50.4 Å². The van der Waals surface area contributed by atoms with Gasteiger partial charge in [-0.05, 0) is 35.6 Å². The van der Waals surface area contributed by atoms with Crippen LogP contribution < -0.4 is 16.0 Å². The number of aryl methyl sites for hydroxylation is 1. The van der Waals surface area contributed by atoms with Crippen LogP contribution in [0.5, 0.6) is 0 Å². The first-order valence-corrected chi connectivity index (χ1v) is 12.7. The average Bonchev–Trinajstić information content (AvgIpc) is 2.97. The van der Waals surface area contributed by atoms with Gasteiger partial charge in [-0.3, -0.25) is 10.1 Å². The van der Waals surface area contributed by atoms with Crippen molar-refractivity contribution in [1.29, 1.82) is 5.26 Å². The van der Waals surface area contributed by atoms with Crippen molar-refractivity contribution in [2.75, 3.05) is 25.6 Å². The van der Waals surface area contributed by atoms with Crippen LogP contribution in [0.2, 0.25) is 0 Å². The van der Waals surface area contributed by atoms with E-state index in [4.69, 9.17) is 14.7 Å². The number of morpholine rings is 1. The van der Waals surface area contributed by atoms with Gasteiger partial charge < -0.3 is 20.1 Å². The number of ether oxygens (including phenoxy) is 2. The van der Waals surface area contributed by atoms with E-state index in [9.17, 15) is 9.59 Å². The molecule has 0 aromatic heterocycles. The Morgan fingerprint density at radius 2 is 1.66 bits per heavy atom. The number of amides is 2. The molecule has 3 N–H and O–H groups in total. The van der Waals surface area contributed by atoms with Crippen LogP contribution in [0.25, 0.3) is 0 Å². The van der Waals surface area contributed by atoms with Crippen LogP contribution in [-0.2, 0) is 20.7 Å². The Balaban J connectivity index is 1.56. The average molecular weight is 513 g/mol. The molecule has 1 aliphatic heterocycles. The minimum Gasteiger partial charge on any atom is -0.453 e. The maximum absolute atomic E-state index is 13.8. The zero-order valence-electron chi connectivity index (χ0n) is 21.3. The van der Waals surface area contributed by atoms with Crippen molar-refractivity contribution in [3.05, 3.63) is 102 Å². The number of hydrogen-bond acceptors (Lipinski definition) is 6. The molecule has 0 radical (unpaired) electrons. The van der Waals surface area contributed by atoms with Crippen LogP contribution in [0.3, 0.4) is 0 Å². The van der Waals surface area contributed by atoms with Crippen molar-refractivity contribution in [2.45, 2.75) is 36.9 Å². The zero-order valence-corrected chi connectivity index (χ0v) is 21.3. The summed E-state index contributed by atoms with van der Waals surface area (Å²) in [5, 5.41) is 18.0. The normalized spacial score (nSPS) is 17.7. The molecule has 0 spiro atoms. The SMILES string of the molecule is COC(=O)NC(C(=O)Nc1ccccc1CCC1CNC(C#N)CO1)C(c1ccccc1)c1ccccc1. The van der Waals surface area contributed by atoms with Crippen LogP contribution >= 0.6 is 0 Å². The Hall–Kier alpha value is -4.19. The van der Waals surface area contributed by atoms with Crippen LogP contribution in [0, 0.1) is 11.3 Å². The van der Waals surface area contributed by atoms with Gasteiger partial charge in [0.1, 0.15) is 12.1 Å². The van der Waals surface area contributed by atoms with Gasteiger partial charge >= 0.3 is 6.09 Å². The van der Waals surface area contributed by atoms with Crippen molar-refractivity contribution in [2.24, 2.45) is 0 Å². The Bertz CT molecular complexity index is 1200. The highest BCUT2D eigenvalue weighted by Gasteiger charge is 2.33. The zero-order chi connectivity index (χ0) is 26.7. The topological polar surface area (TPSA) is 112 Å². The van der Waals surface area contributed by atoms with Crippen molar-refractivity contribution in [3.8, 4) is 6.07 Å². The van der Waals surface area contributed by atoms with Crippen molar-refractivity contribution < 1.29 is 19.1 Å². The largest absolute Gasteiger partial charge is 0.453 e. The summed E-state index contributed by atoms with van der Waals surface area (Å²) in [6.07, 6.45) is 0.708. The Kier molecular flexibility index (Phi) is 9.46. The first-order valence-electron chi connectivity index (χ1n) is 12.7. The second-order valence-corrected chi connectivity index (χ2v) is 9.14. The van der Waals surface area contributed by atoms with Gasteiger partial charge in [0.05, 0.1) is 25.9 Å². The number of para-hydroxylation sites is 1. The van der Waals surface area contributed by atoms with Crippen LogP contribution in [0.15, 0.2) is 84.9 Å². The Morgan fingerprint density at radius 1 is 1.03 bits per heavy atom. The van der Waals surface area contributed by atoms with Crippen LogP contribution in [0.4, 0.5) is 10.5 Å². The fourth-order valence-corrected chi connectivity index (χ4v) is 4.66. The molecular weight excluding hydrogens is 480 g/mol. The fourth-order valence-electron chi connectivity index (χ4n) is 4.66. The van der Waals surface area contributed by atoms with Crippen molar-refractivity contribution in [3.63, 3.8) is 0 Å². The molecule has 2 amide bonds. The highest BCUT2D eigenvalue weighted by Crippen LogP contribution is 2.30. The molecule has 0 saturated carbocycles. The second-order valence-electron chi connectivity index (χ2n) is 9.14. The van der Waals surface area contributed by atoms with E-state index >= 15 is 0 Å². The van der Waals surface area contributed by atoms with Gasteiger partial charge in [-0.25, -0.2) is 4.79 Å². The molecule has 1 heterocycles. The summed E-state index contributed by atoms with van der Waals surface area (Å²) in [6.45, 7) is 0.967. The highest BCUT2D eigenvalue weighted by molar-refractivity contribution is 5.98. The smallest absolute Gasteiger partial charge is 0.407 e. The minimum atomic E-state index is -0.936. The number of carbonyl (C=O) groups is 2. The summed E-state index contributed by atoms with van der Waals surface area (Å²) in [4.78, 5) is 26.2. The molecule has 3 unspecified atom stereocenters. The molecule has 1 saturated heterocycles.